The molecule has 0 saturated heterocycles. The molecule has 0 aromatic carbocycles. The van der Waals surface area contributed by atoms with Crippen molar-refractivity contribution in [3.63, 3.8) is 0 Å². The topological polar surface area (TPSA) is 68.8 Å². The van der Waals surface area contributed by atoms with E-state index in [1.807, 2.05) is 44.6 Å². The van der Waals surface area contributed by atoms with Crippen LogP contribution in [-0.4, -0.2) is 19.7 Å². The van der Waals surface area contributed by atoms with E-state index < -0.39 is 0 Å². The van der Waals surface area contributed by atoms with Gasteiger partial charge in [-0.15, -0.1) is 0 Å². The van der Waals surface area contributed by atoms with Crippen LogP contribution < -0.4 is 5.32 Å². The molecule has 3 heterocycles. The molecule has 1 N–H and O–H groups in total. The van der Waals surface area contributed by atoms with Crippen molar-refractivity contribution in [3.05, 3.63) is 35.2 Å². The van der Waals surface area contributed by atoms with Crippen molar-refractivity contribution in [2.75, 3.05) is 5.32 Å². The van der Waals surface area contributed by atoms with Gasteiger partial charge in [-0.3, -0.25) is 4.68 Å². The molecule has 6 nitrogen and oxygen atoms in total. The zero-order chi connectivity index (χ0) is 15.0. The monoisotopic (exact) mass is 285 g/mol. The van der Waals surface area contributed by atoms with Crippen molar-refractivity contribution in [1.82, 2.24) is 19.7 Å². The lowest BCUT2D eigenvalue weighted by molar-refractivity contribution is 0.490. The van der Waals surface area contributed by atoms with Crippen LogP contribution in [0.5, 0.6) is 0 Å². The SMILES string of the molecule is CCc1nc(NCc2ccc(C)o2)c2c(n1)c(C)nn2C. The van der Waals surface area contributed by atoms with Crippen LogP contribution in [0.3, 0.4) is 0 Å². The molecular formula is C15H19N5O. The third-order valence-corrected chi connectivity index (χ3v) is 3.44. The second kappa shape index (κ2) is 5.20. The number of furan rings is 1. The Morgan fingerprint density at radius 3 is 2.71 bits per heavy atom. The van der Waals surface area contributed by atoms with Crippen molar-refractivity contribution >= 4 is 16.9 Å². The highest BCUT2D eigenvalue weighted by atomic mass is 16.3. The van der Waals surface area contributed by atoms with E-state index in [0.717, 1.165) is 46.3 Å². The molecule has 0 bridgehead atoms. The molecule has 0 saturated carbocycles. The third kappa shape index (κ3) is 2.49. The Balaban J connectivity index is 1.99. The zero-order valence-electron chi connectivity index (χ0n) is 12.8. The number of nitrogens with one attached hydrogen (secondary N) is 1. The van der Waals surface area contributed by atoms with Crippen molar-refractivity contribution in [2.45, 2.75) is 33.7 Å². The van der Waals surface area contributed by atoms with Gasteiger partial charge >= 0.3 is 0 Å². The van der Waals surface area contributed by atoms with E-state index in [2.05, 4.69) is 20.4 Å². The minimum atomic E-state index is 0.591. The van der Waals surface area contributed by atoms with Gasteiger partial charge in [0.25, 0.3) is 0 Å². The number of anilines is 1. The first kappa shape index (κ1) is 13.6. The number of aryl methyl sites for hydroxylation is 4. The molecule has 0 fully saturated rings. The number of fused-ring (bicyclic) bond motifs is 1. The lowest BCUT2D eigenvalue weighted by atomic mass is 10.3. The average Bonchev–Trinajstić information content (AvgIpc) is 3.00. The molecule has 3 rings (SSSR count). The summed E-state index contributed by atoms with van der Waals surface area (Å²) in [4.78, 5) is 9.17. The molecular weight excluding hydrogens is 266 g/mol. The molecule has 3 aromatic rings. The molecule has 0 atom stereocenters. The summed E-state index contributed by atoms with van der Waals surface area (Å²) < 4.78 is 7.40. The van der Waals surface area contributed by atoms with Crippen molar-refractivity contribution in [2.24, 2.45) is 7.05 Å². The molecule has 0 aliphatic rings. The van der Waals surface area contributed by atoms with Crippen molar-refractivity contribution in [3.8, 4) is 0 Å². The van der Waals surface area contributed by atoms with Crippen LogP contribution >= 0.6 is 0 Å². The molecule has 21 heavy (non-hydrogen) atoms. The Labute approximate surface area is 123 Å². The summed E-state index contributed by atoms with van der Waals surface area (Å²) in [7, 11) is 1.91. The highest BCUT2D eigenvalue weighted by Gasteiger charge is 2.14. The van der Waals surface area contributed by atoms with Gasteiger partial charge in [0.2, 0.25) is 0 Å². The Morgan fingerprint density at radius 2 is 2.05 bits per heavy atom. The van der Waals surface area contributed by atoms with E-state index in [1.54, 1.807) is 0 Å². The highest BCUT2D eigenvalue weighted by Crippen LogP contribution is 2.23. The van der Waals surface area contributed by atoms with Crippen LogP contribution in [0.15, 0.2) is 16.5 Å². The molecule has 110 valence electrons. The predicted octanol–water partition coefficient (Wildman–Crippen LogP) is 2.75. The van der Waals surface area contributed by atoms with Gasteiger partial charge in [-0.1, -0.05) is 6.92 Å². The van der Waals surface area contributed by atoms with E-state index in [0.29, 0.717) is 6.54 Å². The molecule has 3 aromatic heterocycles. The first-order valence-electron chi connectivity index (χ1n) is 7.08. The van der Waals surface area contributed by atoms with Gasteiger partial charge in [0.05, 0.1) is 12.2 Å². The summed E-state index contributed by atoms with van der Waals surface area (Å²) in [5.74, 6) is 3.41. The van der Waals surface area contributed by atoms with Crippen LogP contribution in [0.25, 0.3) is 11.0 Å². The third-order valence-electron chi connectivity index (χ3n) is 3.44. The average molecular weight is 285 g/mol. The molecule has 6 heteroatoms. The zero-order valence-corrected chi connectivity index (χ0v) is 12.8. The number of aromatic nitrogens is 4. The predicted molar refractivity (Wildman–Crippen MR) is 81.2 cm³/mol. The summed E-state index contributed by atoms with van der Waals surface area (Å²) in [5, 5.41) is 7.78. The summed E-state index contributed by atoms with van der Waals surface area (Å²) in [6.45, 7) is 6.54. The van der Waals surface area contributed by atoms with Crippen LogP contribution in [0.4, 0.5) is 5.82 Å². The number of hydrogen-bond donors (Lipinski definition) is 1. The second-order valence-corrected chi connectivity index (χ2v) is 5.11. The van der Waals surface area contributed by atoms with Gasteiger partial charge in [-0.2, -0.15) is 5.10 Å². The van der Waals surface area contributed by atoms with Crippen LogP contribution in [0.1, 0.15) is 30.0 Å². The Kier molecular flexibility index (Phi) is 3.37. The normalized spacial score (nSPS) is 11.2. The fourth-order valence-corrected chi connectivity index (χ4v) is 2.41. The van der Waals surface area contributed by atoms with Crippen molar-refractivity contribution in [1.29, 1.82) is 0 Å². The fourth-order valence-electron chi connectivity index (χ4n) is 2.41. The van der Waals surface area contributed by atoms with E-state index in [1.165, 1.54) is 0 Å². The second-order valence-electron chi connectivity index (χ2n) is 5.11. The maximum absolute atomic E-state index is 5.58. The first-order valence-corrected chi connectivity index (χ1v) is 7.08. The minimum Gasteiger partial charge on any atom is -0.465 e. The Morgan fingerprint density at radius 1 is 1.24 bits per heavy atom. The Hall–Kier alpha value is -2.37. The minimum absolute atomic E-state index is 0.591. The van der Waals surface area contributed by atoms with Gasteiger partial charge in [-0.25, -0.2) is 9.97 Å². The number of rotatable bonds is 4. The van der Waals surface area contributed by atoms with Crippen LogP contribution in [-0.2, 0) is 20.0 Å². The van der Waals surface area contributed by atoms with Gasteiger partial charge in [-0.05, 0) is 26.0 Å². The quantitative estimate of drug-likeness (QED) is 0.798. The maximum atomic E-state index is 5.58. The highest BCUT2D eigenvalue weighted by molar-refractivity contribution is 5.87. The largest absolute Gasteiger partial charge is 0.465 e. The lowest BCUT2D eigenvalue weighted by Gasteiger charge is -2.08. The van der Waals surface area contributed by atoms with Gasteiger partial charge < -0.3 is 9.73 Å². The maximum Gasteiger partial charge on any atom is 0.156 e. The first-order chi connectivity index (χ1) is 10.1. The molecule has 0 spiro atoms. The molecule has 0 radical (unpaired) electrons. The molecule has 0 aliphatic carbocycles. The van der Waals surface area contributed by atoms with Crippen molar-refractivity contribution < 1.29 is 4.42 Å². The Bertz CT molecular complexity index is 787. The fraction of sp³-hybridized carbons (Fsp3) is 0.400. The summed E-state index contributed by atoms with van der Waals surface area (Å²) in [6, 6.07) is 3.92. The van der Waals surface area contributed by atoms with E-state index in [4.69, 9.17) is 4.42 Å². The lowest BCUT2D eigenvalue weighted by Crippen LogP contribution is -2.06. The summed E-state index contributed by atoms with van der Waals surface area (Å²) in [6.07, 6.45) is 0.790. The van der Waals surface area contributed by atoms with E-state index >= 15 is 0 Å². The van der Waals surface area contributed by atoms with Gasteiger partial charge in [0.1, 0.15) is 28.4 Å². The van der Waals surface area contributed by atoms with E-state index in [9.17, 15) is 0 Å². The smallest absolute Gasteiger partial charge is 0.156 e. The van der Waals surface area contributed by atoms with Crippen LogP contribution in [0.2, 0.25) is 0 Å². The van der Waals surface area contributed by atoms with Gasteiger partial charge in [0.15, 0.2) is 5.82 Å². The summed E-state index contributed by atoms with van der Waals surface area (Å²) >= 11 is 0. The number of nitrogens with zero attached hydrogens (tertiary/aromatic N) is 4. The van der Waals surface area contributed by atoms with E-state index in [-0.39, 0.29) is 0 Å². The molecule has 0 aliphatic heterocycles. The molecule has 0 unspecified atom stereocenters. The van der Waals surface area contributed by atoms with Gasteiger partial charge in [0, 0.05) is 13.5 Å². The number of hydrogen-bond acceptors (Lipinski definition) is 5. The molecule has 0 amide bonds. The van der Waals surface area contributed by atoms with Crippen LogP contribution in [0, 0.1) is 13.8 Å². The summed E-state index contributed by atoms with van der Waals surface area (Å²) in [5.41, 5.74) is 2.75. The standard InChI is InChI=1S/C15H19N5O/c1-5-12-17-13-10(3)19-20(4)14(13)15(18-12)16-8-11-7-6-9(2)21-11/h6-7H,5,8H2,1-4H3,(H,16,17,18).